The smallest absolute Gasteiger partial charge is 0.0985 e. The van der Waals surface area contributed by atoms with Gasteiger partial charge >= 0.3 is 0 Å². The van der Waals surface area contributed by atoms with Crippen LogP contribution in [0, 0.1) is 46.3 Å². The third-order valence-electron chi connectivity index (χ3n) is 11.0. The lowest BCUT2D eigenvalue weighted by Crippen LogP contribution is -2.68. The second-order valence-corrected chi connectivity index (χ2v) is 12.9. The topological polar surface area (TPSA) is 60.7 Å². The van der Waals surface area contributed by atoms with Gasteiger partial charge in [-0.3, -0.25) is 0 Å². The Hall–Kier alpha value is -0.120. The number of aliphatic hydroxyl groups excluding tert-OH is 2. The highest BCUT2D eigenvalue weighted by Crippen LogP contribution is 2.69. The highest BCUT2D eigenvalue weighted by molar-refractivity contribution is 5.17. The van der Waals surface area contributed by atoms with Crippen LogP contribution < -0.4 is 0 Å². The maximum Gasteiger partial charge on any atom is 0.0985 e. The average Bonchev–Trinajstić information content (AvgIpc) is 3.01. The van der Waals surface area contributed by atoms with E-state index in [1.165, 1.54) is 44.9 Å². The summed E-state index contributed by atoms with van der Waals surface area (Å²) in [6.07, 6.45) is 10.7. The van der Waals surface area contributed by atoms with Gasteiger partial charge in [0.2, 0.25) is 0 Å². The third kappa shape index (κ3) is 3.41. The minimum atomic E-state index is -1.11. The van der Waals surface area contributed by atoms with E-state index in [2.05, 4.69) is 34.6 Å². The molecule has 0 aromatic carbocycles. The fourth-order valence-corrected chi connectivity index (χ4v) is 9.29. The third-order valence-corrected chi connectivity index (χ3v) is 11.0. The van der Waals surface area contributed by atoms with Crippen molar-refractivity contribution in [2.75, 3.05) is 0 Å². The van der Waals surface area contributed by atoms with Gasteiger partial charge in [0, 0.05) is 11.8 Å². The molecule has 3 N–H and O–H groups in total. The first kappa shape index (κ1) is 23.1. The van der Waals surface area contributed by atoms with Crippen LogP contribution in [0.2, 0.25) is 0 Å². The van der Waals surface area contributed by atoms with E-state index in [1.807, 2.05) is 0 Å². The maximum absolute atomic E-state index is 11.6. The number of fused-ring (bicyclic) bond motifs is 5. The van der Waals surface area contributed by atoms with Crippen LogP contribution in [0.1, 0.15) is 105 Å². The summed E-state index contributed by atoms with van der Waals surface area (Å²) in [5, 5.41) is 33.0. The van der Waals surface area contributed by atoms with Crippen molar-refractivity contribution < 1.29 is 15.3 Å². The summed E-state index contributed by atoms with van der Waals surface area (Å²) in [4.78, 5) is 0. The summed E-state index contributed by atoms with van der Waals surface area (Å²) in [6.45, 7) is 12.0. The van der Waals surface area contributed by atoms with E-state index >= 15 is 0 Å². The first-order chi connectivity index (χ1) is 14.0. The van der Waals surface area contributed by atoms with Gasteiger partial charge in [-0.15, -0.1) is 0 Å². The minimum Gasteiger partial charge on any atom is -0.393 e. The molecule has 0 heterocycles. The molecule has 4 aliphatic carbocycles. The lowest BCUT2D eigenvalue weighted by Gasteiger charge is -2.65. The Morgan fingerprint density at radius 2 is 1.63 bits per heavy atom. The van der Waals surface area contributed by atoms with Gasteiger partial charge in [-0.05, 0) is 85.9 Å². The highest BCUT2D eigenvalue weighted by Gasteiger charge is 2.67. The van der Waals surface area contributed by atoms with Crippen molar-refractivity contribution >= 4 is 0 Å². The zero-order valence-electron chi connectivity index (χ0n) is 20.2. The predicted molar refractivity (Wildman–Crippen MR) is 122 cm³/mol. The predicted octanol–water partition coefficient (Wildman–Crippen LogP) is 5.55. The summed E-state index contributed by atoms with van der Waals surface area (Å²) < 4.78 is 0. The van der Waals surface area contributed by atoms with Crippen molar-refractivity contribution in [3.05, 3.63) is 0 Å². The van der Waals surface area contributed by atoms with Crippen LogP contribution in [-0.2, 0) is 0 Å². The van der Waals surface area contributed by atoms with E-state index in [9.17, 15) is 15.3 Å². The molecule has 30 heavy (non-hydrogen) atoms. The summed E-state index contributed by atoms with van der Waals surface area (Å²) in [7, 11) is 0. The van der Waals surface area contributed by atoms with Crippen LogP contribution in [-0.4, -0.2) is 33.1 Å². The van der Waals surface area contributed by atoms with Gasteiger partial charge in [0.05, 0.1) is 17.8 Å². The van der Waals surface area contributed by atoms with Crippen LogP contribution in [0.3, 0.4) is 0 Å². The van der Waals surface area contributed by atoms with Crippen molar-refractivity contribution in [1.29, 1.82) is 0 Å². The Labute approximate surface area is 185 Å². The van der Waals surface area contributed by atoms with Crippen LogP contribution >= 0.6 is 0 Å². The summed E-state index contributed by atoms with van der Waals surface area (Å²) in [5.41, 5.74) is -0.962. The molecule has 4 fully saturated rings. The fourth-order valence-electron chi connectivity index (χ4n) is 9.29. The molecule has 0 amide bonds. The van der Waals surface area contributed by atoms with E-state index in [0.29, 0.717) is 29.6 Å². The van der Waals surface area contributed by atoms with Crippen molar-refractivity contribution in [2.45, 2.75) is 123 Å². The van der Waals surface area contributed by atoms with E-state index < -0.39 is 17.8 Å². The standard InChI is InChI=1S/C27H48O3/c1-17(2)7-6-8-18(3)21-9-10-22-20-15-24(29)27(30)16-19(28)11-14-26(27,5)23(20)12-13-25(21,22)4/h17-24,28-30H,6-16H2,1-5H3/t18-,19+,20+,21-,22+,23+,24?,25-,26-,27+/m1/s1. The molecule has 3 heteroatoms. The molecule has 0 aliphatic heterocycles. The van der Waals surface area contributed by atoms with Gasteiger partial charge in [0.1, 0.15) is 0 Å². The quantitative estimate of drug-likeness (QED) is 0.546. The monoisotopic (exact) mass is 420 g/mol. The summed E-state index contributed by atoms with van der Waals surface area (Å²) in [5.74, 6) is 4.13. The van der Waals surface area contributed by atoms with Crippen LogP contribution in [0.5, 0.6) is 0 Å². The maximum atomic E-state index is 11.6. The first-order valence-electron chi connectivity index (χ1n) is 13.1. The molecule has 10 atom stereocenters. The largest absolute Gasteiger partial charge is 0.393 e. The van der Waals surface area contributed by atoms with Gasteiger partial charge in [-0.2, -0.15) is 0 Å². The zero-order chi connectivity index (χ0) is 21.9. The van der Waals surface area contributed by atoms with Crippen LogP contribution in [0.4, 0.5) is 0 Å². The molecule has 4 rings (SSSR count). The van der Waals surface area contributed by atoms with Gasteiger partial charge in [-0.25, -0.2) is 0 Å². The lowest BCUT2D eigenvalue weighted by molar-refractivity contribution is -0.264. The van der Waals surface area contributed by atoms with E-state index in [0.717, 1.165) is 37.0 Å². The number of aliphatic hydroxyl groups is 3. The van der Waals surface area contributed by atoms with Gasteiger partial charge in [0.15, 0.2) is 0 Å². The summed E-state index contributed by atoms with van der Waals surface area (Å²) in [6, 6.07) is 0. The molecule has 0 aromatic heterocycles. The Morgan fingerprint density at radius 3 is 2.33 bits per heavy atom. The molecular formula is C27H48O3. The normalized spacial score (nSPS) is 51.9. The summed E-state index contributed by atoms with van der Waals surface area (Å²) >= 11 is 0. The van der Waals surface area contributed by atoms with Crippen LogP contribution in [0.25, 0.3) is 0 Å². The van der Waals surface area contributed by atoms with Gasteiger partial charge in [0.25, 0.3) is 0 Å². The number of hydrogen-bond donors (Lipinski definition) is 3. The zero-order valence-corrected chi connectivity index (χ0v) is 20.2. The van der Waals surface area contributed by atoms with Crippen molar-refractivity contribution in [3.63, 3.8) is 0 Å². The number of rotatable bonds is 5. The SMILES string of the molecule is CC(C)CCC[C@@H](C)[C@H]1CC[C@H]2[C@@H]3CC(O)[C@@]4(O)C[C@@H](O)CC[C@]4(C)[C@H]3CC[C@]12C. The molecule has 4 saturated carbocycles. The van der Waals surface area contributed by atoms with Crippen molar-refractivity contribution in [3.8, 4) is 0 Å². The Balaban J connectivity index is 1.53. The van der Waals surface area contributed by atoms with E-state index in [4.69, 9.17) is 0 Å². The Bertz CT molecular complexity index is 619. The Kier molecular flexibility index (Phi) is 6.17. The van der Waals surface area contributed by atoms with E-state index in [-0.39, 0.29) is 5.41 Å². The molecular weight excluding hydrogens is 372 g/mol. The van der Waals surface area contributed by atoms with E-state index in [1.54, 1.807) is 0 Å². The molecule has 0 bridgehead atoms. The fraction of sp³-hybridized carbons (Fsp3) is 1.00. The van der Waals surface area contributed by atoms with Gasteiger partial charge in [-0.1, -0.05) is 53.9 Å². The second-order valence-electron chi connectivity index (χ2n) is 12.9. The molecule has 0 radical (unpaired) electrons. The average molecular weight is 421 g/mol. The van der Waals surface area contributed by atoms with Crippen molar-refractivity contribution in [1.82, 2.24) is 0 Å². The second kappa shape index (κ2) is 8.03. The molecule has 0 spiro atoms. The minimum absolute atomic E-state index is 0.253. The first-order valence-corrected chi connectivity index (χ1v) is 13.1. The highest BCUT2D eigenvalue weighted by atomic mass is 16.3. The molecule has 0 saturated heterocycles. The van der Waals surface area contributed by atoms with Gasteiger partial charge < -0.3 is 15.3 Å². The molecule has 4 aliphatic rings. The molecule has 0 aromatic rings. The molecule has 3 nitrogen and oxygen atoms in total. The molecule has 174 valence electrons. The number of hydrogen-bond acceptors (Lipinski definition) is 3. The van der Waals surface area contributed by atoms with Crippen molar-refractivity contribution in [2.24, 2.45) is 46.3 Å². The molecule has 1 unspecified atom stereocenters. The van der Waals surface area contributed by atoms with Crippen LogP contribution in [0.15, 0.2) is 0 Å². The Morgan fingerprint density at radius 1 is 0.900 bits per heavy atom. The lowest BCUT2D eigenvalue weighted by atomic mass is 9.42.